The standard InChI is InChI=1S/C19H20O6/c1-23-17-5-3-11(7-16(17)22)19-13-9-24-18(12(13)8-25-19)10-2-4-14(20)15(21)6-10/h2-7,12-13,18-22H,8-9H2,1H3/t12-,13-,18+,19+/m0/s1. The van der Waals surface area contributed by atoms with Gasteiger partial charge in [0.25, 0.3) is 0 Å². The van der Waals surface area contributed by atoms with Gasteiger partial charge in [0, 0.05) is 11.8 Å². The molecule has 4 atom stereocenters. The number of aromatic hydroxyl groups is 3. The van der Waals surface area contributed by atoms with Crippen LogP contribution >= 0.6 is 0 Å². The molecule has 3 N–H and O–H groups in total. The highest BCUT2D eigenvalue weighted by atomic mass is 16.5. The second-order valence-corrected chi connectivity index (χ2v) is 6.52. The molecule has 25 heavy (non-hydrogen) atoms. The van der Waals surface area contributed by atoms with Crippen LogP contribution in [-0.2, 0) is 9.47 Å². The molecule has 0 unspecified atom stereocenters. The van der Waals surface area contributed by atoms with Gasteiger partial charge in [-0.15, -0.1) is 0 Å². The van der Waals surface area contributed by atoms with E-state index in [1.807, 2.05) is 6.07 Å². The van der Waals surface area contributed by atoms with Gasteiger partial charge >= 0.3 is 0 Å². The van der Waals surface area contributed by atoms with Crippen molar-refractivity contribution in [2.75, 3.05) is 20.3 Å². The molecule has 2 aliphatic heterocycles. The lowest BCUT2D eigenvalue weighted by Crippen LogP contribution is -2.14. The van der Waals surface area contributed by atoms with Gasteiger partial charge in [-0.05, 0) is 35.4 Å². The quantitative estimate of drug-likeness (QED) is 0.742. The Bertz CT molecular complexity index is 789. The first-order chi connectivity index (χ1) is 12.1. The summed E-state index contributed by atoms with van der Waals surface area (Å²) < 4.78 is 17.0. The van der Waals surface area contributed by atoms with Gasteiger partial charge in [0.1, 0.15) is 0 Å². The highest BCUT2D eigenvalue weighted by Crippen LogP contribution is 2.51. The number of benzene rings is 2. The lowest BCUT2D eigenvalue weighted by atomic mass is 9.85. The summed E-state index contributed by atoms with van der Waals surface area (Å²) in [5.74, 6) is 0.531. The van der Waals surface area contributed by atoms with Gasteiger partial charge in [-0.3, -0.25) is 0 Å². The molecule has 2 heterocycles. The Kier molecular flexibility index (Phi) is 3.94. The lowest BCUT2D eigenvalue weighted by Gasteiger charge is -2.17. The maximum Gasteiger partial charge on any atom is 0.160 e. The van der Waals surface area contributed by atoms with Crippen molar-refractivity contribution in [2.45, 2.75) is 12.2 Å². The molecule has 0 spiro atoms. The third-order valence-corrected chi connectivity index (χ3v) is 5.12. The summed E-state index contributed by atoms with van der Waals surface area (Å²) in [6.45, 7) is 1.07. The smallest absolute Gasteiger partial charge is 0.160 e. The van der Waals surface area contributed by atoms with Crippen LogP contribution in [0.25, 0.3) is 0 Å². The molecular formula is C19H20O6. The number of hydrogen-bond acceptors (Lipinski definition) is 6. The number of ether oxygens (including phenoxy) is 3. The van der Waals surface area contributed by atoms with E-state index in [1.54, 1.807) is 18.2 Å². The minimum absolute atomic E-state index is 0.0889. The van der Waals surface area contributed by atoms with Crippen molar-refractivity contribution in [2.24, 2.45) is 11.8 Å². The first kappa shape index (κ1) is 16.1. The predicted molar refractivity (Wildman–Crippen MR) is 88.8 cm³/mol. The largest absolute Gasteiger partial charge is 0.504 e. The fourth-order valence-electron chi connectivity index (χ4n) is 3.84. The highest BCUT2D eigenvalue weighted by molar-refractivity contribution is 5.43. The zero-order valence-corrected chi connectivity index (χ0v) is 13.8. The van der Waals surface area contributed by atoms with Crippen LogP contribution in [0.2, 0.25) is 0 Å². The first-order valence-corrected chi connectivity index (χ1v) is 8.20. The number of rotatable bonds is 3. The minimum atomic E-state index is -0.187. The number of methoxy groups -OCH3 is 1. The molecule has 4 rings (SSSR count). The van der Waals surface area contributed by atoms with Crippen LogP contribution < -0.4 is 4.74 Å². The Balaban J connectivity index is 1.57. The van der Waals surface area contributed by atoms with Crippen molar-refractivity contribution >= 4 is 0 Å². The van der Waals surface area contributed by atoms with Crippen molar-refractivity contribution in [1.82, 2.24) is 0 Å². The predicted octanol–water partition coefficient (Wildman–Crippen LogP) is 2.89. The molecule has 132 valence electrons. The van der Waals surface area contributed by atoms with Crippen LogP contribution in [0.15, 0.2) is 36.4 Å². The lowest BCUT2D eigenvalue weighted by molar-refractivity contribution is 0.0191. The summed E-state index contributed by atoms with van der Waals surface area (Å²) in [6, 6.07) is 10.1. The van der Waals surface area contributed by atoms with E-state index in [1.165, 1.54) is 19.2 Å². The molecule has 0 bridgehead atoms. The number of hydrogen-bond donors (Lipinski definition) is 3. The van der Waals surface area contributed by atoms with E-state index in [2.05, 4.69) is 0 Å². The molecule has 2 aromatic rings. The van der Waals surface area contributed by atoms with Gasteiger partial charge in [0.2, 0.25) is 0 Å². The van der Waals surface area contributed by atoms with E-state index < -0.39 is 0 Å². The molecule has 0 amide bonds. The fraction of sp³-hybridized carbons (Fsp3) is 0.368. The fourth-order valence-corrected chi connectivity index (χ4v) is 3.84. The number of fused-ring (bicyclic) bond motifs is 1. The second kappa shape index (κ2) is 6.13. The van der Waals surface area contributed by atoms with Crippen molar-refractivity contribution in [3.05, 3.63) is 47.5 Å². The molecule has 6 nitrogen and oxygen atoms in total. The highest BCUT2D eigenvalue weighted by Gasteiger charge is 2.48. The van der Waals surface area contributed by atoms with Gasteiger partial charge in [0.05, 0.1) is 32.5 Å². The van der Waals surface area contributed by atoms with Crippen molar-refractivity contribution < 1.29 is 29.5 Å². The maximum atomic E-state index is 10.0. The molecule has 6 heteroatoms. The number of phenols is 3. The minimum Gasteiger partial charge on any atom is -0.504 e. The zero-order chi connectivity index (χ0) is 17.6. The molecule has 2 aromatic carbocycles. The molecule has 2 aliphatic rings. The van der Waals surface area contributed by atoms with E-state index in [-0.39, 0.29) is 41.3 Å². The zero-order valence-electron chi connectivity index (χ0n) is 13.8. The van der Waals surface area contributed by atoms with E-state index >= 15 is 0 Å². The SMILES string of the molecule is COc1ccc([C@H]2OC[C@H]3[C@@H]2CO[C@@H]3c2ccc(O)c(O)c2)cc1O. The summed E-state index contributed by atoms with van der Waals surface area (Å²) in [7, 11) is 1.51. The topological polar surface area (TPSA) is 88.4 Å². The normalized spacial score (nSPS) is 28.0. The van der Waals surface area contributed by atoms with Gasteiger partial charge in [-0.1, -0.05) is 12.1 Å². The average molecular weight is 344 g/mol. The van der Waals surface area contributed by atoms with Crippen LogP contribution in [0.1, 0.15) is 23.3 Å². The van der Waals surface area contributed by atoms with Crippen LogP contribution in [0.4, 0.5) is 0 Å². The van der Waals surface area contributed by atoms with Crippen LogP contribution in [-0.4, -0.2) is 35.6 Å². The van der Waals surface area contributed by atoms with Crippen LogP contribution in [0.5, 0.6) is 23.0 Å². The van der Waals surface area contributed by atoms with E-state index in [0.29, 0.717) is 19.0 Å². The summed E-state index contributed by atoms with van der Waals surface area (Å²) in [5.41, 5.74) is 1.72. The first-order valence-electron chi connectivity index (χ1n) is 8.20. The Morgan fingerprint density at radius 3 is 1.88 bits per heavy atom. The number of phenolic OH excluding ortho intramolecular Hbond substituents is 3. The third kappa shape index (κ3) is 2.67. The van der Waals surface area contributed by atoms with E-state index in [9.17, 15) is 15.3 Å². The van der Waals surface area contributed by atoms with Gasteiger partial charge in [-0.25, -0.2) is 0 Å². The monoisotopic (exact) mass is 344 g/mol. The molecule has 2 saturated heterocycles. The summed E-state index contributed by atoms with van der Waals surface area (Å²) in [4.78, 5) is 0. The van der Waals surface area contributed by atoms with Crippen LogP contribution in [0, 0.1) is 11.8 Å². The molecule has 2 fully saturated rings. The van der Waals surface area contributed by atoms with E-state index in [0.717, 1.165) is 11.1 Å². The Morgan fingerprint density at radius 2 is 1.36 bits per heavy atom. The van der Waals surface area contributed by atoms with Gasteiger partial charge in [0.15, 0.2) is 23.0 Å². The average Bonchev–Trinajstić information content (AvgIpc) is 3.19. The Morgan fingerprint density at radius 1 is 0.800 bits per heavy atom. The van der Waals surface area contributed by atoms with Crippen molar-refractivity contribution in [3.8, 4) is 23.0 Å². The van der Waals surface area contributed by atoms with Gasteiger partial charge < -0.3 is 29.5 Å². The molecule has 0 aliphatic carbocycles. The van der Waals surface area contributed by atoms with Crippen molar-refractivity contribution in [1.29, 1.82) is 0 Å². The summed E-state index contributed by atoms with van der Waals surface area (Å²) in [5, 5.41) is 29.2. The molecule has 0 aromatic heterocycles. The molecule has 0 saturated carbocycles. The second-order valence-electron chi connectivity index (χ2n) is 6.52. The summed E-state index contributed by atoms with van der Waals surface area (Å²) >= 11 is 0. The Hall–Kier alpha value is -2.44. The van der Waals surface area contributed by atoms with Crippen molar-refractivity contribution in [3.63, 3.8) is 0 Å². The Labute approximate surface area is 145 Å². The third-order valence-electron chi connectivity index (χ3n) is 5.12. The molecular weight excluding hydrogens is 324 g/mol. The van der Waals surface area contributed by atoms with Crippen LogP contribution in [0.3, 0.4) is 0 Å². The van der Waals surface area contributed by atoms with Gasteiger partial charge in [-0.2, -0.15) is 0 Å². The van der Waals surface area contributed by atoms with E-state index in [4.69, 9.17) is 14.2 Å². The maximum absolute atomic E-state index is 10.0. The summed E-state index contributed by atoms with van der Waals surface area (Å²) in [6.07, 6.45) is -0.342. The molecule has 0 radical (unpaired) electrons.